The Morgan fingerprint density at radius 3 is 2.22 bits per heavy atom. The van der Waals surface area contributed by atoms with Crippen molar-refractivity contribution in [2.75, 3.05) is 0 Å². The second-order valence-electron chi connectivity index (χ2n) is 15.3. The Kier molecular flexibility index (Phi) is 8.41. The summed E-state index contributed by atoms with van der Waals surface area (Å²) in [6.07, 6.45) is 19.1. The fraction of sp³-hybridized carbons (Fsp3) is 0.115. The summed E-state index contributed by atoms with van der Waals surface area (Å²) in [5, 5.41) is 12.8. The molecule has 58 heavy (non-hydrogen) atoms. The summed E-state index contributed by atoms with van der Waals surface area (Å²) in [5.41, 5.74) is 9.55. The molecular weight excluding hydrogens is 729 g/mol. The Morgan fingerprint density at radius 1 is 0.655 bits per heavy atom. The molecule has 1 fully saturated rings. The van der Waals surface area contributed by atoms with E-state index in [0.717, 1.165) is 63.6 Å². The quantitative estimate of drug-likeness (QED) is 0.169. The van der Waals surface area contributed by atoms with Crippen LogP contribution >= 0.6 is 11.3 Å². The first-order chi connectivity index (χ1) is 28.7. The highest BCUT2D eigenvalue weighted by Crippen LogP contribution is 2.50. The van der Waals surface area contributed by atoms with Gasteiger partial charge in [-0.3, -0.25) is 0 Å². The van der Waals surface area contributed by atoms with E-state index in [4.69, 9.17) is 19.7 Å². The molecule has 0 amide bonds. The van der Waals surface area contributed by atoms with Crippen LogP contribution in [0.1, 0.15) is 47.1 Å². The molecule has 276 valence electrons. The van der Waals surface area contributed by atoms with E-state index in [9.17, 15) is 5.26 Å². The predicted molar refractivity (Wildman–Crippen MR) is 235 cm³/mol. The summed E-state index contributed by atoms with van der Waals surface area (Å²) in [5.74, 6) is 2.98. The normalized spacial score (nSPS) is 20.7. The van der Waals surface area contributed by atoms with E-state index in [1.807, 2.05) is 30.3 Å². The molecule has 4 aliphatic rings. The molecule has 4 atom stereocenters. The lowest BCUT2D eigenvalue weighted by molar-refractivity contribution is 0.185. The number of ether oxygens (including phenoxy) is 1. The maximum atomic E-state index is 10.3. The fourth-order valence-corrected chi connectivity index (χ4v) is 10.3. The average Bonchev–Trinajstić information content (AvgIpc) is 3.88. The van der Waals surface area contributed by atoms with Gasteiger partial charge in [-0.25, -0.2) is 15.0 Å². The molecule has 1 aliphatic heterocycles. The third-order valence-electron chi connectivity index (χ3n) is 11.9. The number of benzene rings is 5. The average molecular weight is 765 g/mol. The van der Waals surface area contributed by atoms with Crippen LogP contribution in [0.15, 0.2) is 176 Å². The van der Waals surface area contributed by atoms with Crippen LogP contribution in [-0.2, 0) is 4.74 Å². The lowest BCUT2D eigenvalue weighted by Crippen LogP contribution is -2.25. The summed E-state index contributed by atoms with van der Waals surface area (Å²) in [6.45, 7) is 0. The van der Waals surface area contributed by atoms with E-state index in [0.29, 0.717) is 11.4 Å². The van der Waals surface area contributed by atoms with Crippen LogP contribution in [0.3, 0.4) is 0 Å². The maximum Gasteiger partial charge on any atom is 0.163 e. The molecular formula is C52H36N4OS. The molecule has 3 aliphatic carbocycles. The zero-order valence-electron chi connectivity index (χ0n) is 31.5. The van der Waals surface area contributed by atoms with E-state index in [1.165, 1.54) is 31.3 Å². The smallest absolute Gasteiger partial charge is 0.163 e. The van der Waals surface area contributed by atoms with Gasteiger partial charge in [0.05, 0.1) is 11.6 Å². The third-order valence-corrected chi connectivity index (χ3v) is 13.1. The molecule has 5 nitrogen and oxygen atoms in total. The zero-order chi connectivity index (χ0) is 38.6. The van der Waals surface area contributed by atoms with Crippen molar-refractivity contribution >= 4 is 48.2 Å². The predicted octanol–water partition coefficient (Wildman–Crippen LogP) is 12.5. The molecule has 0 spiro atoms. The van der Waals surface area contributed by atoms with Crippen molar-refractivity contribution in [3.05, 3.63) is 204 Å². The van der Waals surface area contributed by atoms with Gasteiger partial charge >= 0.3 is 0 Å². The number of hydrogen-bond donors (Lipinski definition) is 0. The molecule has 0 N–H and O–H groups in total. The van der Waals surface area contributed by atoms with E-state index < -0.39 is 0 Å². The van der Waals surface area contributed by atoms with Crippen molar-refractivity contribution in [3.63, 3.8) is 0 Å². The molecule has 7 aromatic rings. The molecule has 11 rings (SSSR count). The van der Waals surface area contributed by atoms with Crippen LogP contribution in [0.25, 0.3) is 59.4 Å². The van der Waals surface area contributed by atoms with E-state index >= 15 is 0 Å². The number of allylic oxidation sites excluding steroid dienone is 10. The van der Waals surface area contributed by atoms with Gasteiger partial charge < -0.3 is 4.74 Å². The second kappa shape index (κ2) is 14.2. The second-order valence-corrected chi connectivity index (χ2v) is 16.3. The lowest BCUT2D eigenvalue weighted by atomic mass is 9.74. The molecule has 1 saturated heterocycles. The number of rotatable bonds is 6. The van der Waals surface area contributed by atoms with Crippen molar-refractivity contribution < 1.29 is 4.74 Å². The summed E-state index contributed by atoms with van der Waals surface area (Å²) in [4.78, 5) is 15.5. The highest BCUT2D eigenvalue weighted by Gasteiger charge is 2.46. The van der Waals surface area contributed by atoms with Crippen molar-refractivity contribution in [1.29, 1.82) is 5.26 Å². The minimum absolute atomic E-state index is 0.00958. The van der Waals surface area contributed by atoms with Crippen LogP contribution in [-0.4, -0.2) is 21.1 Å². The monoisotopic (exact) mass is 764 g/mol. The molecule has 0 bridgehead atoms. The highest BCUT2D eigenvalue weighted by molar-refractivity contribution is 7.26. The molecule has 6 heteroatoms. The Balaban J connectivity index is 0.976. The topological polar surface area (TPSA) is 71.7 Å². The number of thiophene rings is 1. The van der Waals surface area contributed by atoms with Crippen LogP contribution in [0.4, 0.5) is 0 Å². The summed E-state index contributed by atoms with van der Waals surface area (Å²) < 4.78 is 9.17. The number of aromatic nitrogens is 3. The van der Waals surface area contributed by atoms with Gasteiger partial charge in [-0.2, -0.15) is 5.26 Å². The fourth-order valence-electron chi connectivity index (χ4n) is 9.04. The summed E-state index contributed by atoms with van der Waals surface area (Å²) >= 11 is 1.81. The zero-order valence-corrected chi connectivity index (χ0v) is 32.3. The molecule has 0 radical (unpaired) electrons. The Hall–Kier alpha value is -6.94. The third kappa shape index (κ3) is 6.03. The van der Waals surface area contributed by atoms with Gasteiger partial charge in [-0.15, -0.1) is 11.3 Å². The first-order valence-electron chi connectivity index (χ1n) is 19.8. The Morgan fingerprint density at radius 2 is 1.40 bits per heavy atom. The van der Waals surface area contributed by atoms with Gasteiger partial charge in [0.25, 0.3) is 0 Å². The minimum atomic E-state index is -0.130. The van der Waals surface area contributed by atoms with Crippen LogP contribution in [0, 0.1) is 23.2 Å². The Bertz CT molecular complexity index is 3020. The number of nitriles is 1. The van der Waals surface area contributed by atoms with E-state index in [-0.39, 0.29) is 23.9 Å². The summed E-state index contributed by atoms with van der Waals surface area (Å²) in [7, 11) is 0. The maximum absolute atomic E-state index is 10.3. The van der Waals surface area contributed by atoms with Gasteiger partial charge in [0.15, 0.2) is 11.6 Å². The molecule has 4 unspecified atom stereocenters. The Labute approximate surface area is 341 Å². The van der Waals surface area contributed by atoms with Crippen molar-refractivity contribution in [1.82, 2.24) is 15.0 Å². The van der Waals surface area contributed by atoms with Crippen molar-refractivity contribution in [3.8, 4) is 28.6 Å². The number of fused-ring (bicyclic) bond motifs is 6. The van der Waals surface area contributed by atoms with Gasteiger partial charge in [-0.1, -0.05) is 134 Å². The van der Waals surface area contributed by atoms with Gasteiger partial charge in [0, 0.05) is 43.5 Å². The number of hydrogen-bond acceptors (Lipinski definition) is 6. The van der Waals surface area contributed by atoms with Crippen molar-refractivity contribution in [2.24, 2.45) is 11.8 Å². The first kappa shape index (κ1) is 34.3. The molecule has 5 aromatic carbocycles. The van der Waals surface area contributed by atoms with E-state index in [2.05, 4.69) is 146 Å². The minimum Gasteiger partial charge on any atom is -0.490 e. The molecule has 0 saturated carbocycles. The SMILES string of the molecule is N#Cc1cc(C2=CC3C(C=C2)OC2=CC=CC(c4nc(C5=CC=C(c6ccccc6)CC5)nc(-c5ccccc5)n4)C23)cc(-c2cccc3c2sc2ccccc23)c1. The van der Waals surface area contributed by atoms with Crippen LogP contribution < -0.4 is 0 Å². The number of nitrogens with zero attached hydrogens (tertiary/aromatic N) is 4. The van der Waals surface area contributed by atoms with Gasteiger partial charge in [0.1, 0.15) is 17.7 Å². The van der Waals surface area contributed by atoms with Crippen LogP contribution in [0.5, 0.6) is 0 Å². The summed E-state index contributed by atoms with van der Waals surface area (Å²) in [6, 6.07) is 44.6. The van der Waals surface area contributed by atoms with Crippen LogP contribution in [0.2, 0.25) is 0 Å². The standard InChI is InChI=1S/C52H36N4OS/c53-31-32-27-38(29-39(28-32)40-16-9-17-42-41-15-7-8-20-47(41)58-49(40)42)37-25-26-45-44(30-37)48-43(18-10-19-46(48)57-45)52-55-50(35-13-5-2-6-14-35)54-51(56-52)36-23-21-34(22-24-36)33-11-3-1-4-12-33/h1-21,23,25-30,43-45,48H,22,24H2. The van der Waals surface area contributed by atoms with E-state index in [1.54, 1.807) is 11.3 Å². The first-order valence-corrected chi connectivity index (χ1v) is 20.7. The van der Waals surface area contributed by atoms with Gasteiger partial charge in [0.2, 0.25) is 0 Å². The van der Waals surface area contributed by atoms with Gasteiger partial charge in [-0.05, 0) is 88.2 Å². The largest absolute Gasteiger partial charge is 0.490 e. The lowest BCUT2D eigenvalue weighted by Gasteiger charge is -2.27. The van der Waals surface area contributed by atoms with Crippen molar-refractivity contribution in [2.45, 2.75) is 24.9 Å². The highest BCUT2D eigenvalue weighted by atomic mass is 32.1. The molecule has 3 heterocycles. The molecule has 2 aromatic heterocycles.